The first-order valence-electron chi connectivity index (χ1n) is 11.2. The Balaban J connectivity index is 2.50. The first-order valence-corrected chi connectivity index (χ1v) is 14.6. The average Bonchev–Trinajstić information content (AvgIpc) is 2.79. The summed E-state index contributed by atoms with van der Waals surface area (Å²) in [6, 6.07) is 8.13. The van der Waals surface area contributed by atoms with Crippen LogP contribution < -0.4 is 9.62 Å². The molecular formula is C24H29Cl4N3O4S. The maximum atomic E-state index is 13.7. The number of halogens is 4. The molecule has 0 bridgehead atoms. The molecule has 0 unspecified atom stereocenters. The van der Waals surface area contributed by atoms with Gasteiger partial charge in [0.1, 0.15) is 12.6 Å². The van der Waals surface area contributed by atoms with Crippen LogP contribution in [0.3, 0.4) is 0 Å². The Morgan fingerprint density at radius 3 is 2.14 bits per heavy atom. The molecule has 2 aromatic rings. The van der Waals surface area contributed by atoms with Crippen molar-refractivity contribution < 1.29 is 18.0 Å². The highest BCUT2D eigenvalue weighted by Gasteiger charge is 2.32. The minimum atomic E-state index is -3.90. The van der Waals surface area contributed by atoms with Crippen LogP contribution in [0, 0.1) is 0 Å². The lowest BCUT2D eigenvalue weighted by atomic mass is 10.1. The SMILES string of the molecule is CC[C@H](C(=O)N[C@@H](C)CC)N(Cc1ccc(Cl)cc1Cl)C(=O)CN(c1ccc(Cl)c(Cl)c1)S(C)(=O)=O. The summed E-state index contributed by atoms with van der Waals surface area (Å²) in [5, 5.41) is 4.03. The van der Waals surface area contributed by atoms with Gasteiger partial charge in [-0.05, 0) is 55.7 Å². The zero-order valence-electron chi connectivity index (χ0n) is 20.4. The Morgan fingerprint density at radius 1 is 0.944 bits per heavy atom. The largest absolute Gasteiger partial charge is 0.352 e. The lowest BCUT2D eigenvalue weighted by Crippen LogP contribution is -2.53. The molecule has 2 aromatic carbocycles. The van der Waals surface area contributed by atoms with Crippen molar-refractivity contribution in [2.75, 3.05) is 17.1 Å². The standard InChI is InChI=1S/C24H29Cl4N3O4S/c1-5-15(3)29-24(33)22(6-2)30(13-16-7-8-17(25)11-20(16)27)23(32)14-31(36(4,34)35)18-9-10-19(26)21(28)12-18/h7-12,15,22H,5-6,13-14H2,1-4H3,(H,29,33)/t15-,22+/m0/s1. The quantitative estimate of drug-likeness (QED) is 0.356. The van der Waals surface area contributed by atoms with Crippen LogP contribution in [0.5, 0.6) is 0 Å². The van der Waals surface area contributed by atoms with Crippen LogP contribution >= 0.6 is 46.4 Å². The van der Waals surface area contributed by atoms with E-state index in [-0.39, 0.29) is 34.2 Å². The van der Waals surface area contributed by atoms with E-state index in [9.17, 15) is 18.0 Å². The summed E-state index contributed by atoms with van der Waals surface area (Å²) in [5.74, 6) is -0.936. The van der Waals surface area contributed by atoms with Crippen LogP contribution in [-0.4, -0.2) is 50.0 Å². The summed E-state index contributed by atoms with van der Waals surface area (Å²) in [7, 11) is -3.90. The van der Waals surface area contributed by atoms with Gasteiger partial charge in [-0.25, -0.2) is 8.42 Å². The van der Waals surface area contributed by atoms with Crippen LogP contribution in [0.25, 0.3) is 0 Å². The van der Waals surface area contributed by atoms with Crippen molar-refractivity contribution in [2.45, 2.75) is 52.2 Å². The Hall–Kier alpha value is -1.71. The molecule has 0 aliphatic heterocycles. The summed E-state index contributed by atoms with van der Waals surface area (Å²) in [4.78, 5) is 28.1. The molecule has 7 nitrogen and oxygen atoms in total. The van der Waals surface area contributed by atoms with Crippen LogP contribution in [0.2, 0.25) is 20.1 Å². The topological polar surface area (TPSA) is 86.8 Å². The van der Waals surface area contributed by atoms with E-state index >= 15 is 0 Å². The Kier molecular flexibility index (Phi) is 11.2. The molecule has 0 saturated carbocycles. The van der Waals surface area contributed by atoms with E-state index in [0.29, 0.717) is 28.5 Å². The van der Waals surface area contributed by atoms with Gasteiger partial charge in [0.2, 0.25) is 21.8 Å². The lowest BCUT2D eigenvalue weighted by Gasteiger charge is -2.33. The molecular weight excluding hydrogens is 568 g/mol. The van der Waals surface area contributed by atoms with E-state index in [1.165, 1.54) is 23.1 Å². The maximum Gasteiger partial charge on any atom is 0.244 e. The number of benzene rings is 2. The van der Waals surface area contributed by atoms with Crippen molar-refractivity contribution in [3.63, 3.8) is 0 Å². The smallest absolute Gasteiger partial charge is 0.244 e. The van der Waals surface area contributed by atoms with E-state index in [0.717, 1.165) is 10.6 Å². The first-order chi connectivity index (χ1) is 16.8. The third kappa shape index (κ3) is 8.15. The highest BCUT2D eigenvalue weighted by atomic mass is 35.5. The fraction of sp³-hybridized carbons (Fsp3) is 0.417. The number of hydrogen-bond acceptors (Lipinski definition) is 4. The molecule has 0 aliphatic rings. The number of nitrogens with one attached hydrogen (secondary N) is 1. The fourth-order valence-electron chi connectivity index (χ4n) is 3.45. The normalized spacial score (nSPS) is 13.1. The molecule has 0 aromatic heterocycles. The number of nitrogens with zero attached hydrogens (tertiary/aromatic N) is 2. The summed E-state index contributed by atoms with van der Waals surface area (Å²) >= 11 is 24.5. The number of anilines is 1. The minimum absolute atomic E-state index is 0.0275. The lowest BCUT2D eigenvalue weighted by molar-refractivity contribution is -0.140. The third-order valence-electron chi connectivity index (χ3n) is 5.61. The molecule has 2 atom stereocenters. The van der Waals surface area contributed by atoms with Gasteiger partial charge in [-0.2, -0.15) is 0 Å². The summed E-state index contributed by atoms with van der Waals surface area (Å²) in [5.41, 5.74) is 0.728. The molecule has 0 spiro atoms. The van der Waals surface area contributed by atoms with E-state index in [4.69, 9.17) is 46.4 Å². The van der Waals surface area contributed by atoms with Crippen LogP contribution in [0.1, 0.15) is 39.2 Å². The van der Waals surface area contributed by atoms with Gasteiger partial charge >= 0.3 is 0 Å². The number of sulfonamides is 1. The Morgan fingerprint density at radius 2 is 1.61 bits per heavy atom. The first kappa shape index (κ1) is 30.5. The predicted molar refractivity (Wildman–Crippen MR) is 148 cm³/mol. The van der Waals surface area contributed by atoms with Gasteiger partial charge < -0.3 is 10.2 Å². The van der Waals surface area contributed by atoms with Crippen molar-refractivity contribution in [1.29, 1.82) is 0 Å². The summed E-state index contributed by atoms with van der Waals surface area (Å²) < 4.78 is 26.2. The third-order valence-corrected chi connectivity index (χ3v) is 8.08. The van der Waals surface area contributed by atoms with Gasteiger partial charge in [-0.1, -0.05) is 66.3 Å². The van der Waals surface area contributed by atoms with Gasteiger partial charge in [-0.15, -0.1) is 0 Å². The Bertz CT molecular complexity index is 1210. The number of hydrogen-bond donors (Lipinski definition) is 1. The average molecular weight is 597 g/mol. The second-order valence-corrected chi connectivity index (χ2v) is 11.9. The molecule has 0 radical (unpaired) electrons. The molecule has 36 heavy (non-hydrogen) atoms. The molecule has 0 saturated heterocycles. The van der Waals surface area contributed by atoms with Gasteiger partial charge in [0.05, 0.1) is 22.0 Å². The summed E-state index contributed by atoms with van der Waals surface area (Å²) in [6.45, 7) is 4.99. The van der Waals surface area contributed by atoms with Crippen LogP contribution in [0.15, 0.2) is 36.4 Å². The van der Waals surface area contributed by atoms with Crippen molar-refractivity contribution in [3.05, 3.63) is 62.1 Å². The van der Waals surface area contributed by atoms with E-state index < -0.39 is 28.5 Å². The van der Waals surface area contributed by atoms with Gasteiger partial charge in [0.15, 0.2) is 0 Å². The highest BCUT2D eigenvalue weighted by Crippen LogP contribution is 2.29. The number of carbonyl (C=O) groups is 2. The second kappa shape index (κ2) is 13.2. The Labute approximate surface area is 232 Å². The van der Waals surface area contributed by atoms with Gasteiger partial charge in [0, 0.05) is 22.6 Å². The summed E-state index contributed by atoms with van der Waals surface area (Å²) in [6.07, 6.45) is 1.99. The number of amides is 2. The predicted octanol–water partition coefficient (Wildman–Crippen LogP) is 5.79. The molecule has 12 heteroatoms. The van der Waals surface area contributed by atoms with Gasteiger partial charge in [0.25, 0.3) is 0 Å². The van der Waals surface area contributed by atoms with E-state index in [1.807, 2.05) is 13.8 Å². The van der Waals surface area contributed by atoms with Crippen LogP contribution in [-0.2, 0) is 26.2 Å². The minimum Gasteiger partial charge on any atom is -0.352 e. The molecule has 198 valence electrons. The molecule has 0 fully saturated rings. The van der Waals surface area contributed by atoms with E-state index in [1.54, 1.807) is 25.1 Å². The fourth-order valence-corrected chi connectivity index (χ4v) is 5.05. The number of rotatable bonds is 11. The zero-order chi connectivity index (χ0) is 27.2. The maximum absolute atomic E-state index is 13.7. The van der Waals surface area contributed by atoms with Crippen molar-refractivity contribution in [3.8, 4) is 0 Å². The van der Waals surface area contributed by atoms with Crippen molar-refractivity contribution in [1.82, 2.24) is 10.2 Å². The monoisotopic (exact) mass is 595 g/mol. The number of carbonyl (C=O) groups excluding carboxylic acids is 2. The molecule has 1 N–H and O–H groups in total. The molecule has 2 rings (SSSR count). The highest BCUT2D eigenvalue weighted by molar-refractivity contribution is 7.92. The van der Waals surface area contributed by atoms with Crippen molar-refractivity contribution in [2.24, 2.45) is 0 Å². The zero-order valence-corrected chi connectivity index (χ0v) is 24.2. The van der Waals surface area contributed by atoms with E-state index in [2.05, 4.69) is 5.32 Å². The van der Waals surface area contributed by atoms with Crippen molar-refractivity contribution >= 4 is 73.9 Å². The molecule has 0 heterocycles. The van der Waals surface area contributed by atoms with Crippen LogP contribution in [0.4, 0.5) is 5.69 Å². The molecule has 0 aliphatic carbocycles. The van der Waals surface area contributed by atoms with Gasteiger partial charge in [-0.3, -0.25) is 13.9 Å². The second-order valence-electron chi connectivity index (χ2n) is 8.37. The molecule has 2 amide bonds.